The Balaban J connectivity index is 3.43. The van der Waals surface area contributed by atoms with Crippen LogP contribution in [0.5, 0.6) is 0 Å². The molecular formula is C27H41N3O4. The maximum atomic E-state index is 13.8. The summed E-state index contributed by atoms with van der Waals surface area (Å²) in [5, 5.41) is 5.59. The van der Waals surface area contributed by atoms with E-state index < -0.39 is 29.3 Å². The molecule has 3 amide bonds. The Morgan fingerprint density at radius 1 is 1.09 bits per heavy atom. The van der Waals surface area contributed by atoms with Crippen LogP contribution in [0.15, 0.2) is 24.3 Å². The summed E-state index contributed by atoms with van der Waals surface area (Å²) in [5.41, 5.74) is -0.0531. The number of nitrogens with zero attached hydrogens (tertiary/aromatic N) is 1. The fourth-order valence-corrected chi connectivity index (χ4v) is 3.36. The van der Waals surface area contributed by atoms with Gasteiger partial charge in [0.25, 0.3) is 0 Å². The molecule has 0 bridgehead atoms. The van der Waals surface area contributed by atoms with E-state index in [0.29, 0.717) is 24.1 Å². The molecule has 0 aliphatic heterocycles. The van der Waals surface area contributed by atoms with Crippen LogP contribution in [-0.4, -0.2) is 46.5 Å². The van der Waals surface area contributed by atoms with Gasteiger partial charge in [0.2, 0.25) is 11.8 Å². The van der Waals surface area contributed by atoms with E-state index in [1.807, 2.05) is 27.7 Å². The molecule has 1 aromatic carbocycles. The lowest BCUT2D eigenvalue weighted by Gasteiger charge is -2.44. The predicted molar refractivity (Wildman–Crippen MR) is 135 cm³/mol. The zero-order chi connectivity index (χ0) is 26.1. The molecule has 0 aromatic heterocycles. The van der Waals surface area contributed by atoms with Gasteiger partial charge in [-0.2, -0.15) is 0 Å². The van der Waals surface area contributed by atoms with Crippen LogP contribution in [0, 0.1) is 12.3 Å². The number of carbonyl (C=O) groups excluding carboxylic acids is 3. The topological polar surface area (TPSA) is 87.7 Å². The molecule has 0 fully saturated rings. The zero-order valence-corrected chi connectivity index (χ0v) is 22.0. The summed E-state index contributed by atoms with van der Waals surface area (Å²) < 4.78 is 5.31. The first-order chi connectivity index (χ1) is 15.8. The number of hydrogen-bond donors (Lipinski definition) is 2. The fourth-order valence-electron chi connectivity index (χ4n) is 3.36. The Bertz CT molecular complexity index is 879. The predicted octanol–water partition coefficient (Wildman–Crippen LogP) is 4.56. The molecule has 0 saturated heterocycles. The molecule has 2 atom stereocenters. The monoisotopic (exact) mass is 471 g/mol. The summed E-state index contributed by atoms with van der Waals surface area (Å²) >= 11 is 0. The normalized spacial score (nSPS) is 13.3. The van der Waals surface area contributed by atoms with Crippen LogP contribution in [0.1, 0.15) is 91.8 Å². The highest BCUT2D eigenvalue weighted by molar-refractivity contribution is 5.92. The molecule has 7 nitrogen and oxygen atoms in total. The lowest BCUT2D eigenvalue weighted by molar-refractivity contribution is -0.149. The maximum Gasteiger partial charge on any atom is 0.408 e. The number of nitrogens with one attached hydrogen (secondary N) is 2. The summed E-state index contributed by atoms with van der Waals surface area (Å²) in [7, 11) is 0. The first kappa shape index (κ1) is 29.0. The standard InChI is InChI=1S/C27H41N3O4/c1-10-13-18-28-23(31)22(21-16-14-20(11-2)15-17-21)30(27(8,9)12-3)24(32)19(4)29-25(33)34-26(5,6)7/h2,14-17,19,22H,10,12-13,18H2,1,3-9H3,(H,28,31)(H,29,33). The molecule has 1 aromatic rings. The van der Waals surface area contributed by atoms with Gasteiger partial charge in [-0.3, -0.25) is 9.59 Å². The smallest absolute Gasteiger partial charge is 0.408 e. The molecule has 7 heteroatoms. The molecule has 0 aliphatic rings. The van der Waals surface area contributed by atoms with E-state index in [4.69, 9.17) is 11.2 Å². The SMILES string of the molecule is C#Cc1ccc(C(C(=O)NCCCC)N(C(=O)C(C)NC(=O)OC(C)(C)C)C(C)(C)CC)cc1. The van der Waals surface area contributed by atoms with Crippen molar-refractivity contribution in [1.29, 1.82) is 0 Å². The fraction of sp³-hybridized carbons (Fsp3) is 0.593. The molecule has 0 heterocycles. The Kier molecular flexibility index (Phi) is 10.6. The average molecular weight is 472 g/mol. The zero-order valence-electron chi connectivity index (χ0n) is 22.0. The summed E-state index contributed by atoms with van der Waals surface area (Å²) in [5.74, 6) is 1.92. The van der Waals surface area contributed by atoms with E-state index in [0.717, 1.165) is 12.8 Å². The molecule has 0 saturated carbocycles. The minimum Gasteiger partial charge on any atom is -0.444 e. The lowest BCUT2D eigenvalue weighted by Crippen LogP contribution is -2.58. The minimum atomic E-state index is -0.906. The molecule has 0 aliphatic carbocycles. The van der Waals surface area contributed by atoms with Crippen LogP contribution < -0.4 is 10.6 Å². The van der Waals surface area contributed by atoms with Crippen LogP contribution in [-0.2, 0) is 14.3 Å². The Morgan fingerprint density at radius 3 is 2.15 bits per heavy atom. The quantitative estimate of drug-likeness (QED) is 0.387. The minimum absolute atomic E-state index is 0.277. The first-order valence-corrected chi connectivity index (χ1v) is 11.9. The second kappa shape index (κ2) is 12.5. The molecule has 188 valence electrons. The van der Waals surface area contributed by atoms with Crippen molar-refractivity contribution < 1.29 is 19.1 Å². The molecular weight excluding hydrogens is 430 g/mol. The number of terminal acetylenes is 1. The second-order valence-electron chi connectivity index (χ2n) is 10.1. The molecule has 34 heavy (non-hydrogen) atoms. The van der Waals surface area contributed by atoms with Crippen LogP contribution >= 0.6 is 0 Å². The van der Waals surface area contributed by atoms with Crippen LogP contribution in [0.25, 0.3) is 0 Å². The van der Waals surface area contributed by atoms with Crippen molar-refractivity contribution in [2.75, 3.05) is 6.54 Å². The third-order valence-electron chi connectivity index (χ3n) is 5.59. The molecule has 2 unspecified atom stereocenters. The van der Waals surface area contributed by atoms with Crippen molar-refractivity contribution in [3.8, 4) is 12.3 Å². The number of ether oxygens (including phenoxy) is 1. The number of unbranched alkanes of at least 4 members (excludes halogenated alkanes) is 1. The van der Waals surface area contributed by atoms with Gasteiger partial charge in [0.1, 0.15) is 17.7 Å². The van der Waals surface area contributed by atoms with Gasteiger partial charge in [-0.1, -0.05) is 38.3 Å². The Morgan fingerprint density at radius 2 is 1.68 bits per heavy atom. The van der Waals surface area contributed by atoms with Gasteiger partial charge >= 0.3 is 6.09 Å². The van der Waals surface area contributed by atoms with Crippen molar-refractivity contribution >= 4 is 17.9 Å². The second-order valence-corrected chi connectivity index (χ2v) is 10.1. The van der Waals surface area contributed by atoms with E-state index in [1.54, 1.807) is 56.9 Å². The van der Waals surface area contributed by atoms with Gasteiger partial charge in [-0.15, -0.1) is 6.42 Å². The molecule has 2 N–H and O–H groups in total. The third-order valence-corrected chi connectivity index (χ3v) is 5.59. The Hall–Kier alpha value is -3.01. The number of benzene rings is 1. The van der Waals surface area contributed by atoms with Gasteiger partial charge < -0.3 is 20.3 Å². The lowest BCUT2D eigenvalue weighted by atomic mass is 9.92. The van der Waals surface area contributed by atoms with Crippen molar-refractivity contribution in [1.82, 2.24) is 15.5 Å². The maximum absolute atomic E-state index is 13.8. The van der Waals surface area contributed by atoms with Crippen LogP contribution in [0.3, 0.4) is 0 Å². The molecule has 0 radical (unpaired) electrons. The van der Waals surface area contributed by atoms with Crippen LogP contribution in [0.4, 0.5) is 4.79 Å². The van der Waals surface area contributed by atoms with Crippen molar-refractivity contribution in [2.45, 2.75) is 97.9 Å². The largest absolute Gasteiger partial charge is 0.444 e. The third kappa shape index (κ3) is 8.40. The van der Waals surface area contributed by atoms with Gasteiger partial charge in [0.05, 0.1) is 0 Å². The summed E-state index contributed by atoms with van der Waals surface area (Å²) in [4.78, 5) is 41.1. The number of alkyl carbamates (subject to hydrolysis) is 1. The highest BCUT2D eigenvalue weighted by Crippen LogP contribution is 2.32. The number of amides is 3. The van der Waals surface area contributed by atoms with E-state index in [2.05, 4.69) is 16.6 Å². The highest BCUT2D eigenvalue weighted by Gasteiger charge is 2.42. The van der Waals surface area contributed by atoms with Gasteiger partial charge in [-0.05, 0) is 72.1 Å². The summed E-state index contributed by atoms with van der Waals surface area (Å²) in [6.45, 7) is 15.2. The number of hydrogen-bond acceptors (Lipinski definition) is 4. The Labute approximate surface area is 205 Å². The van der Waals surface area contributed by atoms with Crippen LogP contribution in [0.2, 0.25) is 0 Å². The first-order valence-electron chi connectivity index (χ1n) is 11.9. The number of carbonyl (C=O) groups is 3. The van der Waals surface area contributed by atoms with Crippen molar-refractivity contribution in [3.05, 3.63) is 35.4 Å². The summed E-state index contributed by atoms with van der Waals surface area (Å²) in [6, 6.07) is 5.26. The highest BCUT2D eigenvalue weighted by atomic mass is 16.6. The molecule has 0 spiro atoms. The van der Waals surface area contributed by atoms with E-state index >= 15 is 0 Å². The van der Waals surface area contributed by atoms with E-state index in [-0.39, 0.29) is 11.8 Å². The average Bonchev–Trinajstić information content (AvgIpc) is 2.75. The van der Waals surface area contributed by atoms with Crippen molar-refractivity contribution in [3.63, 3.8) is 0 Å². The van der Waals surface area contributed by atoms with E-state index in [1.165, 1.54) is 0 Å². The van der Waals surface area contributed by atoms with Crippen molar-refractivity contribution in [2.24, 2.45) is 0 Å². The number of rotatable bonds is 10. The van der Waals surface area contributed by atoms with E-state index in [9.17, 15) is 14.4 Å². The summed E-state index contributed by atoms with van der Waals surface area (Å²) in [6.07, 6.45) is 7.17. The molecule has 1 rings (SSSR count). The van der Waals surface area contributed by atoms with Gasteiger partial charge in [0.15, 0.2) is 0 Å². The van der Waals surface area contributed by atoms with Gasteiger partial charge in [-0.25, -0.2) is 4.79 Å². The van der Waals surface area contributed by atoms with Gasteiger partial charge in [0, 0.05) is 17.6 Å².